The number of tetrazole rings is 1. The van der Waals surface area contributed by atoms with Gasteiger partial charge in [-0.25, -0.2) is 4.68 Å². The first kappa shape index (κ1) is 10.9. The fourth-order valence-corrected chi connectivity index (χ4v) is 2.56. The Bertz CT molecular complexity index is 367. The molecular formula is C10H17ClN4. The van der Waals surface area contributed by atoms with E-state index in [9.17, 15) is 0 Å². The zero-order valence-corrected chi connectivity index (χ0v) is 10.6. The summed E-state index contributed by atoms with van der Waals surface area (Å²) in [6.07, 6.45) is 0. The Balaban J connectivity index is 2.38. The van der Waals surface area contributed by atoms with Gasteiger partial charge in [-0.2, -0.15) is 0 Å². The maximum Gasteiger partial charge on any atom is 0.169 e. The third-order valence-electron chi connectivity index (χ3n) is 4.06. The number of alkyl halides is 1. The van der Waals surface area contributed by atoms with E-state index in [1.165, 1.54) is 0 Å². The van der Waals surface area contributed by atoms with Crippen molar-refractivity contribution in [3.05, 3.63) is 5.82 Å². The lowest BCUT2D eigenvalue weighted by Crippen LogP contribution is -2.08. The summed E-state index contributed by atoms with van der Waals surface area (Å²) in [7, 11) is 0. The molecule has 1 atom stereocenters. The van der Waals surface area contributed by atoms with Crippen LogP contribution in [0.15, 0.2) is 0 Å². The van der Waals surface area contributed by atoms with Crippen molar-refractivity contribution in [3.8, 4) is 0 Å². The molecule has 4 nitrogen and oxygen atoms in total. The van der Waals surface area contributed by atoms with Gasteiger partial charge in [0.25, 0.3) is 0 Å². The monoisotopic (exact) mass is 228 g/mol. The first-order valence-electron chi connectivity index (χ1n) is 5.22. The molecule has 0 amide bonds. The van der Waals surface area contributed by atoms with E-state index < -0.39 is 0 Å². The third kappa shape index (κ3) is 1.30. The molecular weight excluding hydrogens is 212 g/mol. The summed E-state index contributed by atoms with van der Waals surface area (Å²) in [5.41, 5.74) is 0.450. The van der Waals surface area contributed by atoms with Crippen LogP contribution in [-0.2, 0) is 0 Å². The molecule has 15 heavy (non-hydrogen) atoms. The fourth-order valence-electron chi connectivity index (χ4n) is 2.42. The third-order valence-corrected chi connectivity index (χ3v) is 4.26. The van der Waals surface area contributed by atoms with Crippen LogP contribution in [0.4, 0.5) is 0 Å². The first-order chi connectivity index (χ1) is 6.80. The van der Waals surface area contributed by atoms with Gasteiger partial charge in [0.1, 0.15) is 0 Å². The van der Waals surface area contributed by atoms with E-state index in [1.807, 2.05) is 11.6 Å². The van der Waals surface area contributed by atoms with Crippen LogP contribution in [0.25, 0.3) is 0 Å². The molecule has 1 aliphatic rings. The van der Waals surface area contributed by atoms with Crippen LogP contribution in [0.3, 0.4) is 0 Å². The van der Waals surface area contributed by atoms with E-state index in [2.05, 4.69) is 43.2 Å². The van der Waals surface area contributed by atoms with E-state index >= 15 is 0 Å². The largest absolute Gasteiger partial charge is 0.224 e. The summed E-state index contributed by atoms with van der Waals surface area (Å²) in [5, 5.41) is 11.6. The van der Waals surface area contributed by atoms with E-state index in [1.54, 1.807) is 0 Å². The highest BCUT2D eigenvalue weighted by molar-refractivity contribution is 6.20. The molecule has 0 bridgehead atoms. The second kappa shape index (κ2) is 2.94. The molecule has 0 spiro atoms. The van der Waals surface area contributed by atoms with Crippen molar-refractivity contribution < 1.29 is 0 Å². The molecule has 0 saturated heterocycles. The molecule has 1 saturated carbocycles. The van der Waals surface area contributed by atoms with E-state index in [0.717, 1.165) is 5.82 Å². The molecule has 0 N–H and O–H groups in total. The first-order valence-corrected chi connectivity index (χ1v) is 5.65. The number of hydrogen-bond acceptors (Lipinski definition) is 3. The van der Waals surface area contributed by atoms with Gasteiger partial charge in [-0.05, 0) is 28.2 Å². The van der Waals surface area contributed by atoms with Crippen LogP contribution >= 0.6 is 11.6 Å². The number of rotatable bonds is 2. The van der Waals surface area contributed by atoms with Crippen molar-refractivity contribution in [3.63, 3.8) is 0 Å². The van der Waals surface area contributed by atoms with Crippen molar-refractivity contribution >= 4 is 11.6 Å². The minimum atomic E-state index is -0.146. The maximum atomic E-state index is 6.04. The SMILES string of the molecule is CC(Cl)c1nnnn1C1C(C)(C)C1(C)C. The Morgan fingerprint density at radius 3 is 2.20 bits per heavy atom. The van der Waals surface area contributed by atoms with Gasteiger partial charge in [0.15, 0.2) is 5.82 Å². The fraction of sp³-hybridized carbons (Fsp3) is 0.900. The van der Waals surface area contributed by atoms with Gasteiger partial charge in [0, 0.05) is 0 Å². The van der Waals surface area contributed by atoms with E-state index in [4.69, 9.17) is 11.6 Å². The van der Waals surface area contributed by atoms with Crippen LogP contribution in [0.2, 0.25) is 0 Å². The summed E-state index contributed by atoms with van der Waals surface area (Å²) < 4.78 is 1.89. The molecule has 1 unspecified atom stereocenters. The Kier molecular flexibility index (Phi) is 2.13. The summed E-state index contributed by atoms with van der Waals surface area (Å²) in [6.45, 7) is 10.8. The summed E-state index contributed by atoms with van der Waals surface area (Å²) in [6, 6.07) is 0.344. The lowest BCUT2D eigenvalue weighted by Gasteiger charge is -2.06. The lowest BCUT2D eigenvalue weighted by atomic mass is 10.0. The van der Waals surface area contributed by atoms with Crippen LogP contribution in [0.1, 0.15) is 51.9 Å². The predicted octanol–water partition coefficient (Wildman–Crippen LogP) is 2.58. The maximum absolute atomic E-state index is 6.04. The van der Waals surface area contributed by atoms with Crippen molar-refractivity contribution in [2.24, 2.45) is 10.8 Å². The number of hydrogen-bond donors (Lipinski definition) is 0. The van der Waals surface area contributed by atoms with Gasteiger partial charge in [0.2, 0.25) is 0 Å². The second-order valence-electron chi connectivity index (χ2n) is 5.44. The molecule has 1 fully saturated rings. The van der Waals surface area contributed by atoms with Crippen molar-refractivity contribution in [2.45, 2.75) is 46.0 Å². The summed E-state index contributed by atoms with van der Waals surface area (Å²) >= 11 is 6.04. The number of nitrogens with zero attached hydrogens (tertiary/aromatic N) is 4. The van der Waals surface area contributed by atoms with Gasteiger partial charge in [-0.1, -0.05) is 27.7 Å². The number of aromatic nitrogens is 4. The second-order valence-corrected chi connectivity index (χ2v) is 6.10. The molecule has 1 aromatic heterocycles. The van der Waals surface area contributed by atoms with Gasteiger partial charge in [-0.3, -0.25) is 0 Å². The molecule has 5 heteroatoms. The smallest absolute Gasteiger partial charge is 0.169 e. The van der Waals surface area contributed by atoms with Crippen molar-refractivity contribution in [2.75, 3.05) is 0 Å². The molecule has 0 aromatic carbocycles. The van der Waals surface area contributed by atoms with Gasteiger partial charge < -0.3 is 0 Å². The molecule has 1 aromatic rings. The normalized spacial score (nSPS) is 25.2. The Morgan fingerprint density at radius 1 is 1.27 bits per heavy atom. The minimum absolute atomic E-state index is 0.146. The molecule has 1 aliphatic carbocycles. The molecule has 1 heterocycles. The average Bonchev–Trinajstić information content (AvgIpc) is 2.51. The Morgan fingerprint density at radius 2 is 1.80 bits per heavy atom. The zero-order chi connectivity index (χ0) is 11.4. The highest BCUT2D eigenvalue weighted by Crippen LogP contribution is 2.71. The topological polar surface area (TPSA) is 43.6 Å². The molecule has 0 aliphatic heterocycles. The van der Waals surface area contributed by atoms with Crippen LogP contribution in [-0.4, -0.2) is 20.2 Å². The Labute approximate surface area is 95.0 Å². The Hall–Kier alpha value is -0.640. The minimum Gasteiger partial charge on any atom is -0.224 e. The average molecular weight is 229 g/mol. The standard InChI is InChI=1S/C10H17ClN4/c1-6(11)7-12-13-14-15(7)8-9(2,3)10(8,4)5/h6,8H,1-5H3. The van der Waals surface area contributed by atoms with Crippen molar-refractivity contribution in [1.82, 2.24) is 20.2 Å². The molecule has 0 radical (unpaired) electrons. The van der Waals surface area contributed by atoms with Crippen LogP contribution in [0.5, 0.6) is 0 Å². The van der Waals surface area contributed by atoms with Gasteiger partial charge in [0.05, 0.1) is 11.4 Å². The zero-order valence-electron chi connectivity index (χ0n) is 9.82. The predicted molar refractivity (Wildman–Crippen MR) is 58.7 cm³/mol. The van der Waals surface area contributed by atoms with Gasteiger partial charge in [-0.15, -0.1) is 16.7 Å². The summed E-state index contributed by atoms with van der Waals surface area (Å²) in [5.74, 6) is 0.764. The quantitative estimate of drug-likeness (QED) is 0.731. The van der Waals surface area contributed by atoms with Crippen molar-refractivity contribution in [1.29, 1.82) is 0 Å². The number of halogens is 1. The highest BCUT2D eigenvalue weighted by Gasteiger charge is 2.67. The van der Waals surface area contributed by atoms with Gasteiger partial charge >= 0.3 is 0 Å². The lowest BCUT2D eigenvalue weighted by molar-refractivity contribution is 0.457. The molecule has 2 rings (SSSR count). The van der Waals surface area contributed by atoms with E-state index in [-0.39, 0.29) is 16.2 Å². The van der Waals surface area contributed by atoms with Crippen LogP contribution < -0.4 is 0 Å². The van der Waals surface area contributed by atoms with Crippen LogP contribution in [0, 0.1) is 10.8 Å². The van der Waals surface area contributed by atoms with E-state index in [0.29, 0.717) is 6.04 Å². The molecule has 84 valence electrons. The summed E-state index contributed by atoms with van der Waals surface area (Å²) in [4.78, 5) is 0. The highest BCUT2D eigenvalue weighted by atomic mass is 35.5.